The van der Waals surface area contributed by atoms with E-state index < -0.39 is 97.5 Å². The van der Waals surface area contributed by atoms with E-state index in [-0.39, 0.29) is 25.7 Å². The summed E-state index contributed by atoms with van der Waals surface area (Å²) in [7, 11) is -9.85. The van der Waals surface area contributed by atoms with Crippen molar-refractivity contribution in [3.63, 3.8) is 0 Å². The molecule has 0 saturated heterocycles. The van der Waals surface area contributed by atoms with Crippen LogP contribution in [0.5, 0.6) is 0 Å². The maximum absolute atomic E-state index is 12.9. The van der Waals surface area contributed by atoms with Crippen molar-refractivity contribution in [1.29, 1.82) is 0 Å². The Hall–Kier alpha value is -1.94. The van der Waals surface area contributed by atoms with Crippen LogP contribution in [0.25, 0.3) is 0 Å². The van der Waals surface area contributed by atoms with Gasteiger partial charge in [-0.05, 0) is 25.7 Å². The molecule has 0 rings (SSSR count). The zero-order valence-electron chi connectivity index (χ0n) is 47.5. The number of esters is 4. The summed E-state index contributed by atoms with van der Waals surface area (Å²) in [5.41, 5.74) is 0. The average molecular weight is 1120 g/mol. The molecule has 17 nitrogen and oxygen atoms in total. The Kier molecular flexibility index (Phi) is 50.2. The van der Waals surface area contributed by atoms with E-state index in [9.17, 15) is 43.2 Å². The van der Waals surface area contributed by atoms with Crippen LogP contribution < -0.4 is 0 Å². The molecule has 3 N–H and O–H groups in total. The van der Waals surface area contributed by atoms with Gasteiger partial charge in [0.05, 0.1) is 26.4 Å². The summed E-state index contributed by atoms with van der Waals surface area (Å²) in [5.74, 6) is -2.16. The van der Waals surface area contributed by atoms with Gasteiger partial charge < -0.3 is 33.8 Å². The molecule has 0 aliphatic rings. The molecule has 0 heterocycles. The highest BCUT2D eigenvalue weighted by atomic mass is 31.2. The topological polar surface area (TPSA) is 237 Å². The number of phosphoric ester groups is 2. The minimum absolute atomic E-state index is 0.0990. The zero-order chi connectivity index (χ0) is 55.5. The van der Waals surface area contributed by atoms with E-state index >= 15 is 0 Å². The largest absolute Gasteiger partial charge is 0.472 e. The highest BCUT2D eigenvalue weighted by molar-refractivity contribution is 7.47. The van der Waals surface area contributed by atoms with Crippen molar-refractivity contribution in [2.75, 3.05) is 39.6 Å². The van der Waals surface area contributed by atoms with E-state index in [4.69, 9.17) is 37.0 Å². The molecule has 0 aromatic carbocycles. The Bertz CT molecular complexity index is 1470. The van der Waals surface area contributed by atoms with Gasteiger partial charge in [0.1, 0.15) is 19.3 Å². The molecule has 0 spiro atoms. The lowest BCUT2D eigenvalue weighted by Gasteiger charge is -2.21. The summed E-state index contributed by atoms with van der Waals surface area (Å²) < 4.78 is 67.2. The third-order valence-corrected chi connectivity index (χ3v) is 14.8. The van der Waals surface area contributed by atoms with Crippen molar-refractivity contribution >= 4 is 39.5 Å². The third kappa shape index (κ3) is 51.3. The van der Waals surface area contributed by atoms with Crippen molar-refractivity contribution in [3.05, 3.63) is 0 Å². The van der Waals surface area contributed by atoms with Gasteiger partial charge in [0, 0.05) is 25.7 Å². The lowest BCUT2D eigenvalue weighted by Crippen LogP contribution is -2.30. The highest BCUT2D eigenvalue weighted by Crippen LogP contribution is 2.45. The van der Waals surface area contributed by atoms with Gasteiger partial charge >= 0.3 is 39.5 Å². The van der Waals surface area contributed by atoms with Gasteiger partial charge in [0.25, 0.3) is 0 Å². The number of aliphatic hydroxyl groups is 1. The van der Waals surface area contributed by atoms with Crippen molar-refractivity contribution in [1.82, 2.24) is 0 Å². The van der Waals surface area contributed by atoms with Crippen LogP contribution >= 0.6 is 15.6 Å². The molecule has 0 aliphatic carbocycles. The molecule has 75 heavy (non-hydrogen) atoms. The Balaban J connectivity index is 5.13. The van der Waals surface area contributed by atoms with E-state index in [0.29, 0.717) is 25.7 Å². The molecule has 0 aromatic rings. The molecule has 0 amide bonds. The molecule has 0 radical (unpaired) electrons. The molecule has 19 heteroatoms. The monoisotopic (exact) mass is 1110 g/mol. The van der Waals surface area contributed by atoms with E-state index in [0.717, 1.165) is 96.3 Å². The first-order valence-corrected chi connectivity index (χ1v) is 32.8. The van der Waals surface area contributed by atoms with Crippen molar-refractivity contribution < 1.29 is 80.2 Å². The first-order chi connectivity index (χ1) is 36.2. The predicted molar refractivity (Wildman–Crippen MR) is 294 cm³/mol. The second-order valence-electron chi connectivity index (χ2n) is 20.3. The number of hydrogen-bond acceptors (Lipinski definition) is 15. The fraction of sp³-hybridized carbons (Fsp3) is 0.929. The van der Waals surface area contributed by atoms with E-state index in [1.807, 2.05) is 0 Å². The zero-order valence-corrected chi connectivity index (χ0v) is 49.3. The normalized spacial score (nSPS) is 14.4. The van der Waals surface area contributed by atoms with Crippen molar-refractivity contribution in [3.8, 4) is 0 Å². The van der Waals surface area contributed by atoms with Crippen LogP contribution in [0, 0.1) is 0 Å². The van der Waals surface area contributed by atoms with E-state index in [1.165, 1.54) is 103 Å². The van der Waals surface area contributed by atoms with Gasteiger partial charge in [-0.2, -0.15) is 0 Å². The van der Waals surface area contributed by atoms with Gasteiger partial charge in [-0.25, -0.2) is 9.13 Å². The molecule has 444 valence electrons. The Morgan fingerprint density at radius 3 is 0.787 bits per heavy atom. The molecule has 0 bridgehead atoms. The first kappa shape index (κ1) is 73.1. The Morgan fingerprint density at radius 1 is 0.320 bits per heavy atom. The standard InChI is InChI=1S/C56H108O17P2/c1-5-9-13-17-19-21-23-25-27-29-31-35-39-43-56(61)73-52(47-67-54(59)41-37-34-30-28-26-24-22-20-18-14-10-6-2)49-71-75(64,65)69-45-50(57)44-68-74(62,63)70-48-51(72-55(60)42-38-33-16-12-8-4)46-66-53(58)40-36-32-15-11-7-3/h50-52,57H,5-49H2,1-4H3,(H,62,63)(H,64,65)/t50-,51+,52+/m0/s1. The van der Waals surface area contributed by atoms with Gasteiger partial charge in [-0.15, -0.1) is 0 Å². The van der Waals surface area contributed by atoms with E-state index in [2.05, 4.69) is 27.7 Å². The number of rotatable bonds is 57. The SMILES string of the molecule is CCCCCCCCCCCCCCCC(=O)O[C@H](COC(=O)CCCCCCCCCCCCCC)COP(=O)(O)OC[C@@H](O)COP(=O)(O)OC[C@@H](COC(=O)CCCCCCC)OC(=O)CCCCCCC. The summed E-state index contributed by atoms with van der Waals surface area (Å²) in [6.45, 7) is 4.65. The molecular formula is C56H108O17P2. The predicted octanol–water partition coefficient (Wildman–Crippen LogP) is 14.8. The summed E-state index contributed by atoms with van der Waals surface area (Å²) >= 11 is 0. The van der Waals surface area contributed by atoms with Crippen LogP contribution in [0.2, 0.25) is 0 Å². The summed E-state index contributed by atoms with van der Waals surface area (Å²) in [4.78, 5) is 71.3. The highest BCUT2D eigenvalue weighted by Gasteiger charge is 2.30. The molecular weight excluding hydrogens is 1010 g/mol. The smallest absolute Gasteiger partial charge is 0.462 e. The van der Waals surface area contributed by atoms with Crippen molar-refractivity contribution in [2.24, 2.45) is 0 Å². The van der Waals surface area contributed by atoms with Gasteiger partial charge in [-0.3, -0.25) is 37.3 Å². The third-order valence-electron chi connectivity index (χ3n) is 12.9. The molecule has 0 fully saturated rings. The minimum Gasteiger partial charge on any atom is -0.462 e. The second-order valence-corrected chi connectivity index (χ2v) is 23.2. The molecule has 5 atom stereocenters. The molecule has 2 unspecified atom stereocenters. The summed E-state index contributed by atoms with van der Waals surface area (Å²) in [6, 6.07) is 0. The number of ether oxygens (including phenoxy) is 4. The van der Waals surface area contributed by atoms with Crippen LogP contribution in [0.1, 0.15) is 278 Å². The number of unbranched alkanes of at least 4 members (excludes halogenated alkanes) is 31. The Labute approximate surface area is 454 Å². The molecule has 0 aliphatic heterocycles. The summed E-state index contributed by atoms with van der Waals surface area (Å²) in [6.07, 6.45) is 34.1. The number of phosphoric acid groups is 2. The Morgan fingerprint density at radius 2 is 0.533 bits per heavy atom. The fourth-order valence-corrected chi connectivity index (χ4v) is 9.80. The molecule has 0 aromatic heterocycles. The quantitative estimate of drug-likeness (QED) is 0.0222. The number of carbonyl (C=O) groups excluding carboxylic acids is 4. The fourth-order valence-electron chi connectivity index (χ4n) is 8.22. The van der Waals surface area contributed by atoms with Crippen LogP contribution in [-0.4, -0.2) is 96.7 Å². The van der Waals surface area contributed by atoms with Crippen LogP contribution in [0.15, 0.2) is 0 Å². The maximum Gasteiger partial charge on any atom is 0.472 e. The molecule has 0 saturated carbocycles. The minimum atomic E-state index is -4.93. The lowest BCUT2D eigenvalue weighted by atomic mass is 10.0. The maximum atomic E-state index is 12.9. The number of carbonyl (C=O) groups is 4. The summed E-state index contributed by atoms with van der Waals surface area (Å²) in [5, 5.41) is 10.4. The number of hydrogen-bond donors (Lipinski definition) is 3. The van der Waals surface area contributed by atoms with Crippen LogP contribution in [0.4, 0.5) is 0 Å². The van der Waals surface area contributed by atoms with Crippen molar-refractivity contribution in [2.45, 2.75) is 296 Å². The van der Waals surface area contributed by atoms with Crippen LogP contribution in [-0.2, 0) is 65.4 Å². The second kappa shape index (κ2) is 51.5. The van der Waals surface area contributed by atoms with E-state index in [1.54, 1.807) is 0 Å². The van der Waals surface area contributed by atoms with Gasteiger partial charge in [0.15, 0.2) is 12.2 Å². The van der Waals surface area contributed by atoms with Gasteiger partial charge in [-0.1, -0.05) is 227 Å². The van der Waals surface area contributed by atoms with Gasteiger partial charge in [0.2, 0.25) is 0 Å². The lowest BCUT2D eigenvalue weighted by molar-refractivity contribution is -0.161. The average Bonchev–Trinajstić information content (AvgIpc) is 3.38. The first-order valence-electron chi connectivity index (χ1n) is 29.8. The number of aliphatic hydroxyl groups excluding tert-OH is 1. The van der Waals surface area contributed by atoms with Crippen LogP contribution in [0.3, 0.4) is 0 Å².